The second kappa shape index (κ2) is 5.20. The van der Waals surface area contributed by atoms with Crippen molar-refractivity contribution in [3.05, 3.63) is 41.7 Å². The van der Waals surface area contributed by atoms with E-state index in [2.05, 4.69) is 20.4 Å². The molecule has 3 rings (SSSR count). The summed E-state index contributed by atoms with van der Waals surface area (Å²) in [6, 6.07) is 6.59. The fraction of sp³-hybridized carbons (Fsp3) is 0.143. The Balaban J connectivity index is 1.92. The van der Waals surface area contributed by atoms with Gasteiger partial charge < -0.3 is 15.6 Å². The van der Waals surface area contributed by atoms with Crippen molar-refractivity contribution in [2.24, 2.45) is 5.16 Å². The summed E-state index contributed by atoms with van der Waals surface area (Å²) in [5, 5.41) is 32.4. The molecule has 0 aliphatic heterocycles. The molecule has 0 unspecified atom stereocenters. The molecule has 1 aromatic carbocycles. The Hall–Kier alpha value is -2.96. The number of nitrogens with zero attached hydrogens (tertiary/aromatic N) is 3. The highest BCUT2D eigenvalue weighted by molar-refractivity contribution is 6.47. The summed E-state index contributed by atoms with van der Waals surface area (Å²) in [5.74, 6) is 0.462. The zero-order chi connectivity index (χ0) is 14.8. The van der Waals surface area contributed by atoms with Gasteiger partial charge in [-0.2, -0.15) is 0 Å². The first-order valence-electron chi connectivity index (χ1n) is 6.39. The van der Waals surface area contributed by atoms with E-state index in [4.69, 9.17) is 10.6 Å². The Bertz CT molecular complexity index is 742. The van der Waals surface area contributed by atoms with Gasteiger partial charge in [0.05, 0.1) is 5.69 Å². The minimum Gasteiger partial charge on any atom is -0.508 e. The molecule has 7 nitrogen and oxygen atoms in total. The van der Waals surface area contributed by atoms with E-state index in [9.17, 15) is 5.11 Å². The lowest BCUT2D eigenvalue weighted by molar-refractivity contribution is 0.318. The zero-order valence-corrected chi connectivity index (χ0v) is 11.0. The smallest absolute Gasteiger partial charge is 0.227 e. The molecule has 1 aliphatic rings. The first-order chi connectivity index (χ1) is 10.2. The maximum atomic E-state index is 9.43. The van der Waals surface area contributed by atoms with Gasteiger partial charge in [-0.25, -0.2) is 9.97 Å². The Labute approximate surface area is 120 Å². The van der Waals surface area contributed by atoms with Crippen LogP contribution in [-0.2, 0) is 6.42 Å². The largest absolute Gasteiger partial charge is 0.508 e. The van der Waals surface area contributed by atoms with Crippen LogP contribution in [-0.4, -0.2) is 31.7 Å². The quantitative estimate of drug-likeness (QED) is 0.497. The highest BCUT2D eigenvalue weighted by atomic mass is 16.4. The molecule has 0 bridgehead atoms. The van der Waals surface area contributed by atoms with Gasteiger partial charge in [0.15, 0.2) is 0 Å². The lowest BCUT2D eigenvalue weighted by Gasteiger charge is -2.17. The monoisotopic (exact) mass is 283 g/mol. The number of aromatic hydroxyl groups is 1. The third kappa shape index (κ3) is 2.53. The molecule has 0 radical (unpaired) electrons. The number of nitrogens with one attached hydrogen (secondary N) is 2. The van der Waals surface area contributed by atoms with Gasteiger partial charge in [0.1, 0.15) is 17.2 Å². The van der Waals surface area contributed by atoms with Crippen molar-refractivity contribution in [3.63, 3.8) is 0 Å². The number of rotatable bonds is 2. The Morgan fingerprint density at radius 3 is 2.90 bits per heavy atom. The topological polar surface area (TPSA) is 114 Å². The number of aromatic nitrogens is 2. The van der Waals surface area contributed by atoms with Gasteiger partial charge in [0.2, 0.25) is 5.95 Å². The van der Waals surface area contributed by atoms with Crippen LogP contribution in [0, 0.1) is 5.41 Å². The Kier molecular flexibility index (Phi) is 3.23. The number of phenols is 1. The molecule has 1 aliphatic carbocycles. The van der Waals surface area contributed by atoms with Crippen molar-refractivity contribution >= 4 is 23.1 Å². The average Bonchev–Trinajstić information content (AvgIpc) is 2.48. The zero-order valence-electron chi connectivity index (χ0n) is 11.0. The van der Waals surface area contributed by atoms with Crippen LogP contribution >= 0.6 is 0 Å². The van der Waals surface area contributed by atoms with Crippen molar-refractivity contribution in [1.82, 2.24) is 9.97 Å². The van der Waals surface area contributed by atoms with Crippen LogP contribution in [0.5, 0.6) is 5.75 Å². The molecule has 106 valence electrons. The minimum atomic E-state index is 0.111. The maximum absolute atomic E-state index is 9.43. The summed E-state index contributed by atoms with van der Waals surface area (Å²) < 4.78 is 0. The third-order valence-corrected chi connectivity index (χ3v) is 3.24. The SMILES string of the molecule is N=C1/C(=N\O)CCc2cnc(Nc3cccc(O)c3)nc21. The second-order valence-electron chi connectivity index (χ2n) is 4.66. The van der Waals surface area contributed by atoms with Crippen LogP contribution in [0.25, 0.3) is 0 Å². The fourth-order valence-corrected chi connectivity index (χ4v) is 2.19. The first-order valence-corrected chi connectivity index (χ1v) is 6.39. The van der Waals surface area contributed by atoms with Gasteiger partial charge in [0.25, 0.3) is 0 Å². The molecule has 7 heteroatoms. The van der Waals surface area contributed by atoms with Crippen LogP contribution in [0.1, 0.15) is 17.7 Å². The lowest BCUT2D eigenvalue weighted by atomic mass is 9.94. The average molecular weight is 283 g/mol. The number of oxime groups is 1. The third-order valence-electron chi connectivity index (χ3n) is 3.24. The van der Waals surface area contributed by atoms with E-state index < -0.39 is 0 Å². The molecule has 0 atom stereocenters. The summed E-state index contributed by atoms with van der Waals surface area (Å²) in [4.78, 5) is 8.50. The number of hydrogen-bond donors (Lipinski definition) is 4. The molecule has 1 aromatic heterocycles. The van der Waals surface area contributed by atoms with Crippen molar-refractivity contribution < 1.29 is 10.3 Å². The van der Waals surface area contributed by atoms with E-state index in [1.807, 2.05) is 0 Å². The standard InChI is InChI=1S/C14H13N5O2/c15-12-11(19-21)5-4-8-7-16-14(18-13(8)12)17-9-2-1-3-10(20)6-9/h1-3,6-7,15,20-21H,4-5H2,(H,16,17,18)/b15-12?,19-11-. The van der Waals surface area contributed by atoms with Crippen LogP contribution in [0.4, 0.5) is 11.6 Å². The van der Waals surface area contributed by atoms with Gasteiger partial charge in [-0.3, -0.25) is 5.41 Å². The fourth-order valence-electron chi connectivity index (χ4n) is 2.19. The molecule has 0 spiro atoms. The maximum Gasteiger partial charge on any atom is 0.227 e. The first kappa shape index (κ1) is 13.0. The highest BCUT2D eigenvalue weighted by Crippen LogP contribution is 2.22. The number of anilines is 2. The van der Waals surface area contributed by atoms with Crippen molar-refractivity contribution in [2.75, 3.05) is 5.32 Å². The van der Waals surface area contributed by atoms with E-state index in [0.29, 0.717) is 35.9 Å². The molecular weight excluding hydrogens is 270 g/mol. The molecule has 2 aromatic rings. The molecule has 4 N–H and O–H groups in total. The molecule has 0 saturated carbocycles. The van der Waals surface area contributed by atoms with Gasteiger partial charge in [0, 0.05) is 18.0 Å². The number of hydrogen-bond acceptors (Lipinski definition) is 7. The predicted octanol–water partition coefficient (Wildman–Crippen LogP) is 2.07. The summed E-state index contributed by atoms with van der Waals surface area (Å²) in [7, 11) is 0. The van der Waals surface area contributed by atoms with Crippen molar-refractivity contribution in [2.45, 2.75) is 12.8 Å². The Morgan fingerprint density at radius 1 is 1.29 bits per heavy atom. The lowest BCUT2D eigenvalue weighted by Crippen LogP contribution is -2.24. The Morgan fingerprint density at radius 2 is 2.14 bits per heavy atom. The van der Waals surface area contributed by atoms with Gasteiger partial charge in [-0.05, 0) is 30.5 Å². The molecule has 0 saturated heterocycles. The number of phenolic OH excluding ortho intramolecular Hbond substituents is 1. The number of aryl methyl sites for hydroxylation is 1. The predicted molar refractivity (Wildman–Crippen MR) is 77.8 cm³/mol. The van der Waals surface area contributed by atoms with E-state index >= 15 is 0 Å². The molecule has 0 fully saturated rings. The highest BCUT2D eigenvalue weighted by Gasteiger charge is 2.23. The molecule has 0 amide bonds. The van der Waals surface area contributed by atoms with Gasteiger partial charge in [-0.15, -0.1) is 0 Å². The molecule has 21 heavy (non-hydrogen) atoms. The van der Waals surface area contributed by atoms with E-state index in [0.717, 1.165) is 5.56 Å². The van der Waals surface area contributed by atoms with Crippen LogP contribution in [0.3, 0.4) is 0 Å². The minimum absolute atomic E-state index is 0.111. The second-order valence-corrected chi connectivity index (χ2v) is 4.66. The summed E-state index contributed by atoms with van der Waals surface area (Å²) in [6.07, 6.45) is 2.81. The van der Waals surface area contributed by atoms with Crippen molar-refractivity contribution in [1.29, 1.82) is 5.41 Å². The van der Waals surface area contributed by atoms with Crippen LogP contribution in [0.2, 0.25) is 0 Å². The molecular formula is C14H13N5O2. The summed E-state index contributed by atoms with van der Waals surface area (Å²) in [6.45, 7) is 0. The summed E-state index contributed by atoms with van der Waals surface area (Å²) in [5.41, 5.74) is 2.40. The van der Waals surface area contributed by atoms with Crippen LogP contribution < -0.4 is 5.32 Å². The van der Waals surface area contributed by atoms with Crippen molar-refractivity contribution in [3.8, 4) is 5.75 Å². The molecule has 1 heterocycles. The number of benzene rings is 1. The summed E-state index contributed by atoms with van der Waals surface area (Å²) >= 11 is 0. The van der Waals surface area contributed by atoms with Crippen LogP contribution in [0.15, 0.2) is 35.6 Å². The van der Waals surface area contributed by atoms with E-state index in [1.165, 1.54) is 0 Å². The van der Waals surface area contributed by atoms with Gasteiger partial charge in [-0.1, -0.05) is 11.2 Å². The number of fused-ring (bicyclic) bond motifs is 1. The van der Waals surface area contributed by atoms with E-state index in [-0.39, 0.29) is 11.5 Å². The van der Waals surface area contributed by atoms with Gasteiger partial charge >= 0.3 is 0 Å². The normalized spacial score (nSPS) is 15.8. The van der Waals surface area contributed by atoms with E-state index in [1.54, 1.807) is 30.5 Å².